The van der Waals surface area contributed by atoms with E-state index >= 15 is 0 Å². The number of methoxy groups -OCH3 is 1. The fourth-order valence-corrected chi connectivity index (χ4v) is 0.625. The molecule has 0 saturated heterocycles. The standard InChI is InChI=1S/C8H10N2O4/c1-9-5(7(11)12)4-6(10-2)8(13)14-3/h4H,2H2,1,3H3,(H,11,12)/b6-4-,9-5?. The van der Waals surface area contributed by atoms with Gasteiger partial charge in [-0.15, -0.1) is 0 Å². The van der Waals surface area contributed by atoms with E-state index in [0.29, 0.717) is 0 Å². The van der Waals surface area contributed by atoms with Gasteiger partial charge in [-0.25, -0.2) is 9.59 Å². The van der Waals surface area contributed by atoms with Gasteiger partial charge in [0.05, 0.1) is 7.11 Å². The second kappa shape index (κ2) is 5.63. The molecule has 0 fully saturated rings. The lowest BCUT2D eigenvalue weighted by atomic mass is 10.3. The summed E-state index contributed by atoms with van der Waals surface area (Å²) in [5.41, 5.74) is -0.492. The van der Waals surface area contributed by atoms with E-state index < -0.39 is 11.9 Å². The number of aliphatic imine (C=N–C) groups is 2. The van der Waals surface area contributed by atoms with Crippen LogP contribution < -0.4 is 0 Å². The van der Waals surface area contributed by atoms with Crippen LogP contribution in [0.5, 0.6) is 0 Å². The fraction of sp³-hybridized carbons (Fsp3) is 0.250. The minimum atomic E-state index is -1.25. The van der Waals surface area contributed by atoms with E-state index in [9.17, 15) is 9.59 Å². The molecule has 6 heteroatoms. The molecule has 0 aliphatic rings. The van der Waals surface area contributed by atoms with Crippen LogP contribution in [0.1, 0.15) is 0 Å². The van der Waals surface area contributed by atoms with Gasteiger partial charge in [-0.2, -0.15) is 0 Å². The maximum Gasteiger partial charge on any atom is 0.356 e. The Bertz CT molecular complexity index is 317. The van der Waals surface area contributed by atoms with E-state index in [-0.39, 0.29) is 11.4 Å². The molecule has 0 atom stereocenters. The van der Waals surface area contributed by atoms with Crippen molar-refractivity contribution in [3.63, 3.8) is 0 Å². The Labute approximate surface area is 80.6 Å². The van der Waals surface area contributed by atoms with Crippen molar-refractivity contribution in [1.29, 1.82) is 0 Å². The first-order valence-corrected chi connectivity index (χ1v) is 3.53. The molecule has 0 bridgehead atoms. The molecule has 0 aromatic heterocycles. The lowest BCUT2D eigenvalue weighted by Crippen LogP contribution is -2.13. The number of nitrogens with zero attached hydrogens (tertiary/aromatic N) is 2. The molecule has 0 aliphatic carbocycles. The van der Waals surface area contributed by atoms with Gasteiger partial charge in [0.1, 0.15) is 11.4 Å². The van der Waals surface area contributed by atoms with Crippen molar-refractivity contribution in [3.8, 4) is 0 Å². The maximum atomic E-state index is 10.9. The Morgan fingerprint density at radius 2 is 2.07 bits per heavy atom. The molecular weight excluding hydrogens is 188 g/mol. The second-order valence-corrected chi connectivity index (χ2v) is 2.09. The lowest BCUT2D eigenvalue weighted by Gasteiger charge is -1.98. The zero-order chi connectivity index (χ0) is 11.1. The average molecular weight is 198 g/mol. The van der Waals surface area contributed by atoms with E-state index in [2.05, 4.69) is 21.4 Å². The average Bonchev–Trinajstić information content (AvgIpc) is 2.18. The maximum absolute atomic E-state index is 10.9. The Kier molecular flexibility index (Phi) is 4.83. The number of esters is 1. The zero-order valence-electron chi connectivity index (χ0n) is 7.85. The number of hydrogen-bond acceptors (Lipinski definition) is 5. The van der Waals surface area contributed by atoms with E-state index in [4.69, 9.17) is 5.11 Å². The Morgan fingerprint density at radius 1 is 1.50 bits per heavy atom. The van der Waals surface area contributed by atoms with Crippen molar-refractivity contribution in [2.45, 2.75) is 0 Å². The van der Waals surface area contributed by atoms with Crippen LogP contribution in [0.4, 0.5) is 0 Å². The van der Waals surface area contributed by atoms with Crippen LogP contribution in [-0.4, -0.2) is 43.6 Å². The van der Waals surface area contributed by atoms with E-state index in [1.165, 1.54) is 7.05 Å². The predicted octanol–water partition coefficient (Wildman–Crippen LogP) is -0.101. The van der Waals surface area contributed by atoms with Gasteiger partial charge in [0.2, 0.25) is 0 Å². The second-order valence-electron chi connectivity index (χ2n) is 2.09. The highest BCUT2D eigenvalue weighted by atomic mass is 16.5. The molecule has 0 rings (SSSR count). The number of rotatable bonds is 4. The van der Waals surface area contributed by atoms with E-state index in [1.807, 2.05) is 0 Å². The highest BCUT2D eigenvalue weighted by Gasteiger charge is 2.12. The van der Waals surface area contributed by atoms with Crippen molar-refractivity contribution in [2.24, 2.45) is 9.98 Å². The van der Waals surface area contributed by atoms with Crippen molar-refractivity contribution in [3.05, 3.63) is 11.8 Å². The fourth-order valence-electron chi connectivity index (χ4n) is 0.625. The van der Waals surface area contributed by atoms with Crippen molar-refractivity contribution in [1.82, 2.24) is 0 Å². The van der Waals surface area contributed by atoms with Gasteiger partial charge in [-0.1, -0.05) is 0 Å². The van der Waals surface area contributed by atoms with E-state index in [1.54, 1.807) is 0 Å². The third-order valence-electron chi connectivity index (χ3n) is 1.30. The van der Waals surface area contributed by atoms with E-state index in [0.717, 1.165) is 13.2 Å². The summed E-state index contributed by atoms with van der Waals surface area (Å²) in [6.45, 7) is 3.11. The van der Waals surface area contributed by atoms with Crippen molar-refractivity contribution >= 4 is 24.4 Å². The van der Waals surface area contributed by atoms with Gasteiger partial charge in [0, 0.05) is 13.1 Å². The van der Waals surface area contributed by atoms with Gasteiger partial charge in [0.25, 0.3) is 0 Å². The molecule has 0 aromatic rings. The number of carbonyl (C=O) groups excluding carboxylic acids is 1. The molecule has 0 radical (unpaired) electrons. The summed E-state index contributed by atoms with van der Waals surface area (Å²) in [6, 6.07) is 0. The number of hydrogen-bond donors (Lipinski definition) is 1. The van der Waals surface area contributed by atoms with Crippen LogP contribution in [0, 0.1) is 0 Å². The topological polar surface area (TPSA) is 88.3 Å². The first kappa shape index (κ1) is 12.0. The molecular formula is C8H10N2O4. The Hall–Kier alpha value is -1.98. The van der Waals surface area contributed by atoms with Crippen LogP contribution >= 0.6 is 0 Å². The monoisotopic (exact) mass is 198 g/mol. The minimum Gasteiger partial charge on any atom is -0.477 e. The van der Waals surface area contributed by atoms with Crippen LogP contribution in [-0.2, 0) is 14.3 Å². The number of carbonyl (C=O) groups is 2. The molecule has 14 heavy (non-hydrogen) atoms. The summed E-state index contributed by atoms with van der Waals surface area (Å²) in [7, 11) is 2.45. The molecule has 0 unspecified atom stereocenters. The van der Waals surface area contributed by atoms with Gasteiger partial charge >= 0.3 is 11.9 Å². The van der Waals surface area contributed by atoms with Gasteiger partial charge < -0.3 is 9.84 Å². The van der Waals surface area contributed by atoms with Crippen LogP contribution in [0.15, 0.2) is 21.8 Å². The zero-order valence-corrected chi connectivity index (χ0v) is 7.85. The van der Waals surface area contributed by atoms with Crippen LogP contribution in [0.2, 0.25) is 0 Å². The van der Waals surface area contributed by atoms with Crippen LogP contribution in [0.25, 0.3) is 0 Å². The number of carboxylic acid groups (broad SMARTS) is 1. The summed E-state index contributed by atoms with van der Waals surface area (Å²) >= 11 is 0. The molecule has 0 spiro atoms. The van der Waals surface area contributed by atoms with Crippen molar-refractivity contribution in [2.75, 3.05) is 14.2 Å². The third-order valence-corrected chi connectivity index (χ3v) is 1.30. The van der Waals surface area contributed by atoms with Gasteiger partial charge in [-0.05, 0) is 6.72 Å². The van der Waals surface area contributed by atoms with Gasteiger partial charge in [0.15, 0.2) is 0 Å². The SMILES string of the molecule is C=N/C(=C\C(=NC)C(=O)O)C(=O)OC. The molecule has 0 aromatic carbocycles. The Morgan fingerprint density at radius 3 is 2.36 bits per heavy atom. The smallest absolute Gasteiger partial charge is 0.356 e. The summed E-state index contributed by atoms with van der Waals surface area (Å²) in [6.07, 6.45) is 0.987. The molecule has 0 heterocycles. The normalized spacial score (nSPS) is 12.1. The molecule has 76 valence electrons. The Balaban J connectivity index is 5.01. The molecule has 0 aliphatic heterocycles. The molecule has 0 amide bonds. The molecule has 6 nitrogen and oxygen atoms in total. The quantitative estimate of drug-likeness (QED) is 0.388. The first-order valence-electron chi connectivity index (χ1n) is 3.53. The first-order chi connectivity index (χ1) is 6.56. The number of aliphatic carboxylic acids is 1. The summed E-state index contributed by atoms with van der Waals surface area (Å²) in [4.78, 5) is 28.2. The minimum absolute atomic E-state index is 0.199. The largest absolute Gasteiger partial charge is 0.477 e. The van der Waals surface area contributed by atoms with Gasteiger partial charge in [-0.3, -0.25) is 9.98 Å². The number of ether oxygens (including phenoxy) is 1. The predicted molar refractivity (Wildman–Crippen MR) is 50.6 cm³/mol. The molecule has 1 N–H and O–H groups in total. The summed E-state index contributed by atoms with van der Waals surface area (Å²) in [5.74, 6) is -2.01. The lowest BCUT2D eigenvalue weighted by molar-refractivity contribution is -0.136. The number of carboxylic acids is 1. The third kappa shape index (κ3) is 3.18. The highest BCUT2D eigenvalue weighted by Crippen LogP contribution is 1.99. The van der Waals surface area contributed by atoms with Crippen LogP contribution in [0.3, 0.4) is 0 Å². The van der Waals surface area contributed by atoms with Crippen molar-refractivity contribution < 1.29 is 19.4 Å². The highest BCUT2D eigenvalue weighted by molar-refractivity contribution is 6.41. The molecule has 0 saturated carbocycles. The summed E-state index contributed by atoms with van der Waals surface area (Å²) < 4.78 is 4.34. The summed E-state index contributed by atoms with van der Waals surface area (Å²) in [5, 5.41) is 8.58.